The van der Waals surface area contributed by atoms with Gasteiger partial charge in [0.25, 0.3) is 5.91 Å². The summed E-state index contributed by atoms with van der Waals surface area (Å²) in [5, 5.41) is 21.0. The summed E-state index contributed by atoms with van der Waals surface area (Å²) in [6, 6.07) is 18.7. The molecule has 34 heavy (non-hydrogen) atoms. The first-order chi connectivity index (χ1) is 16.4. The van der Waals surface area contributed by atoms with E-state index >= 15 is 0 Å². The Kier molecular flexibility index (Phi) is 8.60. The van der Waals surface area contributed by atoms with Crippen LogP contribution in [0.5, 0.6) is 11.5 Å². The van der Waals surface area contributed by atoms with E-state index in [0.29, 0.717) is 11.4 Å². The minimum absolute atomic E-state index is 0.149. The summed E-state index contributed by atoms with van der Waals surface area (Å²) in [4.78, 5) is 24.3. The number of halogens is 2. The maximum absolute atomic E-state index is 14.2. The minimum Gasteiger partial charge on any atom is -0.505 e. The maximum Gasteiger partial charge on any atom is 0.412 e. The third-order valence-electron chi connectivity index (χ3n) is 4.49. The molecule has 3 rings (SSSR count). The molecule has 2 atom stereocenters. The first-order valence-corrected chi connectivity index (χ1v) is 10.7. The minimum atomic E-state index is -1.26. The lowest BCUT2D eigenvalue weighted by Gasteiger charge is -2.26. The summed E-state index contributed by atoms with van der Waals surface area (Å²) in [6.45, 7) is 0. The van der Waals surface area contributed by atoms with Gasteiger partial charge in [-0.1, -0.05) is 40.2 Å². The summed E-state index contributed by atoms with van der Waals surface area (Å²) in [5.41, 5.74) is 2.05. The molecule has 4 N–H and O–H groups in total. The van der Waals surface area contributed by atoms with Gasteiger partial charge >= 0.3 is 6.09 Å². The van der Waals surface area contributed by atoms with E-state index in [4.69, 9.17) is 14.7 Å². The van der Waals surface area contributed by atoms with E-state index in [-0.39, 0.29) is 5.56 Å². The van der Waals surface area contributed by atoms with E-state index in [2.05, 4.69) is 21.2 Å². The van der Waals surface area contributed by atoms with E-state index < -0.39 is 35.8 Å². The fourth-order valence-electron chi connectivity index (χ4n) is 2.90. The van der Waals surface area contributed by atoms with Gasteiger partial charge in [-0.15, -0.1) is 0 Å². The molecule has 0 aromatic heterocycles. The Bertz CT molecular complexity index is 1160. The van der Waals surface area contributed by atoms with E-state index in [0.717, 1.165) is 22.7 Å². The average Bonchev–Trinajstić information content (AvgIpc) is 2.84. The van der Waals surface area contributed by atoms with Crippen molar-refractivity contribution in [1.82, 2.24) is 5.48 Å². The van der Waals surface area contributed by atoms with Crippen LogP contribution in [0.3, 0.4) is 0 Å². The molecule has 0 aliphatic carbocycles. The standard InChI is InChI=1S/C24H20BrFN2O6/c25-16-7-9-17(10-8-16)27-24(31)34-23(15-6-11-20(29)19(26)14-15)21(12-13-22(30)28-32)33-18-4-2-1-3-5-18/h1-14,21,23,29,32H,(H,27,31)(H,28,30)/b13-12+/t21-,23-/m1/s1. The van der Waals surface area contributed by atoms with Crippen LogP contribution >= 0.6 is 15.9 Å². The molecule has 176 valence electrons. The lowest BCUT2D eigenvalue weighted by Crippen LogP contribution is -2.30. The van der Waals surface area contributed by atoms with Crippen LogP contribution in [0.2, 0.25) is 0 Å². The molecule has 0 bridgehead atoms. The number of anilines is 1. The Morgan fingerprint density at radius 1 is 1.03 bits per heavy atom. The number of ether oxygens (including phenoxy) is 2. The summed E-state index contributed by atoms with van der Waals surface area (Å²) in [5.74, 6) is -1.99. The number of hydroxylamine groups is 1. The Balaban J connectivity index is 1.95. The van der Waals surface area contributed by atoms with Gasteiger partial charge in [0.15, 0.2) is 23.8 Å². The van der Waals surface area contributed by atoms with Gasteiger partial charge in [0, 0.05) is 16.2 Å². The number of hydrogen-bond donors (Lipinski definition) is 4. The van der Waals surface area contributed by atoms with Crippen LogP contribution in [-0.2, 0) is 9.53 Å². The van der Waals surface area contributed by atoms with Crippen LogP contribution < -0.4 is 15.5 Å². The Labute approximate surface area is 202 Å². The molecule has 10 heteroatoms. The smallest absolute Gasteiger partial charge is 0.412 e. The molecule has 3 aromatic rings. The molecule has 2 amide bonds. The highest BCUT2D eigenvalue weighted by Gasteiger charge is 2.28. The molecule has 0 radical (unpaired) electrons. The van der Waals surface area contributed by atoms with E-state index in [9.17, 15) is 19.1 Å². The second kappa shape index (κ2) is 11.8. The number of phenolic OH excluding ortho intramolecular Hbond substituents is 1. The molecule has 0 aliphatic heterocycles. The fourth-order valence-corrected chi connectivity index (χ4v) is 3.16. The van der Waals surface area contributed by atoms with Gasteiger partial charge in [-0.05, 0) is 60.2 Å². The SMILES string of the molecule is O=C(/C=C/[C@@H](Oc1ccccc1)[C@H](OC(=O)Nc1ccc(Br)cc1)c1ccc(O)c(F)c1)NO. The highest BCUT2D eigenvalue weighted by molar-refractivity contribution is 9.10. The second-order valence-electron chi connectivity index (χ2n) is 6.90. The monoisotopic (exact) mass is 530 g/mol. The van der Waals surface area contributed by atoms with Crippen molar-refractivity contribution in [2.45, 2.75) is 12.2 Å². The number of aromatic hydroxyl groups is 1. The summed E-state index contributed by atoms with van der Waals surface area (Å²) in [6.07, 6.45) is -1.02. The van der Waals surface area contributed by atoms with E-state index in [1.54, 1.807) is 54.6 Å². The van der Waals surface area contributed by atoms with Gasteiger partial charge in [0.05, 0.1) is 0 Å². The van der Waals surface area contributed by atoms with Crippen molar-refractivity contribution >= 4 is 33.6 Å². The van der Waals surface area contributed by atoms with Gasteiger partial charge in [-0.3, -0.25) is 15.3 Å². The molecular weight excluding hydrogens is 511 g/mol. The number of carbonyl (C=O) groups excluding carboxylic acids is 2. The van der Waals surface area contributed by atoms with Crippen LogP contribution in [0, 0.1) is 5.82 Å². The molecule has 8 nitrogen and oxygen atoms in total. The number of amides is 2. The molecule has 3 aromatic carbocycles. The van der Waals surface area contributed by atoms with Crippen molar-refractivity contribution in [2.75, 3.05) is 5.32 Å². The van der Waals surface area contributed by atoms with E-state index in [1.165, 1.54) is 17.6 Å². The zero-order valence-corrected chi connectivity index (χ0v) is 19.1. The number of para-hydroxylation sites is 1. The number of hydrogen-bond acceptors (Lipinski definition) is 6. The van der Waals surface area contributed by atoms with Crippen LogP contribution in [0.4, 0.5) is 14.9 Å². The average molecular weight is 531 g/mol. The van der Waals surface area contributed by atoms with Gasteiger partial charge in [-0.25, -0.2) is 14.7 Å². The van der Waals surface area contributed by atoms with Crippen LogP contribution in [0.25, 0.3) is 0 Å². The number of benzene rings is 3. The third-order valence-corrected chi connectivity index (χ3v) is 5.01. The highest BCUT2D eigenvalue weighted by atomic mass is 79.9. The van der Waals surface area contributed by atoms with Crippen molar-refractivity contribution in [1.29, 1.82) is 0 Å². The Morgan fingerprint density at radius 2 is 1.74 bits per heavy atom. The van der Waals surface area contributed by atoms with Gasteiger partial charge < -0.3 is 14.6 Å². The molecule has 0 spiro atoms. The predicted octanol–water partition coefficient (Wildman–Crippen LogP) is 5.09. The molecular formula is C24H20BrFN2O6. The third kappa shape index (κ3) is 7.06. The Hall–Kier alpha value is -3.89. The molecule has 0 heterocycles. The number of phenols is 1. The fraction of sp³-hybridized carbons (Fsp3) is 0.0833. The lowest BCUT2D eigenvalue weighted by atomic mass is 10.0. The van der Waals surface area contributed by atoms with Crippen LogP contribution in [0.1, 0.15) is 11.7 Å². The molecule has 0 aliphatic rings. The second-order valence-corrected chi connectivity index (χ2v) is 7.82. The number of nitrogens with one attached hydrogen (secondary N) is 2. The normalized spacial score (nSPS) is 12.6. The van der Waals surface area contributed by atoms with Gasteiger partial charge in [-0.2, -0.15) is 0 Å². The summed E-state index contributed by atoms with van der Waals surface area (Å²) >= 11 is 3.31. The number of carbonyl (C=O) groups is 2. The lowest BCUT2D eigenvalue weighted by molar-refractivity contribution is -0.124. The van der Waals surface area contributed by atoms with Gasteiger partial charge in [0.1, 0.15) is 5.75 Å². The summed E-state index contributed by atoms with van der Waals surface area (Å²) in [7, 11) is 0. The quantitative estimate of drug-likeness (QED) is 0.183. The molecule has 0 fully saturated rings. The van der Waals surface area contributed by atoms with Crippen molar-refractivity contribution < 1.29 is 33.8 Å². The predicted molar refractivity (Wildman–Crippen MR) is 125 cm³/mol. The maximum atomic E-state index is 14.2. The van der Waals surface area contributed by atoms with E-state index in [1.807, 2.05) is 0 Å². The first kappa shape index (κ1) is 24.7. The van der Waals surface area contributed by atoms with Crippen molar-refractivity contribution in [3.8, 4) is 11.5 Å². The van der Waals surface area contributed by atoms with Crippen LogP contribution in [0.15, 0.2) is 89.4 Å². The largest absolute Gasteiger partial charge is 0.505 e. The van der Waals surface area contributed by atoms with Crippen LogP contribution in [-0.4, -0.2) is 28.4 Å². The first-order valence-electron chi connectivity index (χ1n) is 9.91. The van der Waals surface area contributed by atoms with Gasteiger partial charge in [0.2, 0.25) is 0 Å². The zero-order chi connectivity index (χ0) is 24.5. The van der Waals surface area contributed by atoms with Crippen molar-refractivity contribution in [3.63, 3.8) is 0 Å². The topological polar surface area (TPSA) is 117 Å². The van der Waals surface area contributed by atoms with Crippen molar-refractivity contribution in [3.05, 3.63) is 101 Å². The number of rotatable bonds is 8. The molecule has 0 saturated heterocycles. The molecule has 0 saturated carbocycles. The zero-order valence-electron chi connectivity index (χ0n) is 17.5. The molecule has 0 unspecified atom stereocenters. The Morgan fingerprint density at radius 3 is 2.38 bits per heavy atom. The summed E-state index contributed by atoms with van der Waals surface area (Å²) < 4.78 is 26.5. The highest BCUT2D eigenvalue weighted by Crippen LogP contribution is 2.30. The van der Waals surface area contributed by atoms with Crippen molar-refractivity contribution in [2.24, 2.45) is 0 Å².